The molecule has 0 fully saturated rings. The first-order valence-corrected chi connectivity index (χ1v) is 9.28. The summed E-state index contributed by atoms with van der Waals surface area (Å²) < 4.78 is 55.7. The van der Waals surface area contributed by atoms with Crippen LogP contribution in [-0.2, 0) is 19.3 Å². The van der Waals surface area contributed by atoms with Gasteiger partial charge in [0.2, 0.25) is 5.82 Å². The van der Waals surface area contributed by atoms with Crippen molar-refractivity contribution in [2.75, 3.05) is 10.6 Å². The second-order valence-corrected chi connectivity index (χ2v) is 6.82. The number of hydrogen-bond donors (Lipinski definition) is 2. The Hall–Kier alpha value is -4.02. The minimum Gasteiger partial charge on any atom is -0.376 e. The third-order valence-corrected chi connectivity index (χ3v) is 4.67. The second kappa shape index (κ2) is 8.25. The topological polar surface area (TPSA) is 97.1 Å². The minimum atomic E-state index is -4.73. The molecule has 0 spiro atoms. The molecule has 0 saturated carbocycles. The maximum atomic E-state index is 13.7. The third-order valence-electron chi connectivity index (χ3n) is 4.67. The molecule has 7 nitrogen and oxygen atoms in total. The van der Waals surface area contributed by atoms with Crippen molar-refractivity contribution in [1.82, 2.24) is 10.1 Å². The summed E-state index contributed by atoms with van der Waals surface area (Å²) >= 11 is 0. The fourth-order valence-electron chi connectivity index (χ4n) is 2.97. The van der Waals surface area contributed by atoms with Crippen LogP contribution in [0.15, 0.2) is 62.6 Å². The van der Waals surface area contributed by atoms with Crippen molar-refractivity contribution in [2.45, 2.75) is 19.3 Å². The van der Waals surface area contributed by atoms with E-state index < -0.39 is 28.7 Å². The Morgan fingerprint density at radius 3 is 2.09 bits per heavy atom. The highest BCUT2D eigenvalue weighted by Gasteiger charge is 2.38. The van der Waals surface area contributed by atoms with Crippen molar-refractivity contribution in [2.24, 2.45) is 0 Å². The predicted molar refractivity (Wildman–Crippen MR) is 107 cm³/mol. The summed E-state index contributed by atoms with van der Waals surface area (Å²) in [7, 11) is 0. The molecule has 4 rings (SSSR count). The number of halogens is 4. The van der Waals surface area contributed by atoms with Gasteiger partial charge in [0, 0.05) is 24.2 Å². The van der Waals surface area contributed by atoms with E-state index in [-0.39, 0.29) is 30.3 Å². The van der Waals surface area contributed by atoms with Gasteiger partial charge in [0.05, 0.1) is 0 Å². The molecule has 0 bridgehead atoms. The van der Waals surface area contributed by atoms with Crippen molar-refractivity contribution in [3.63, 3.8) is 0 Å². The second-order valence-electron chi connectivity index (χ2n) is 6.82. The zero-order valence-corrected chi connectivity index (χ0v) is 16.2. The van der Waals surface area contributed by atoms with Crippen molar-refractivity contribution in [1.29, 1.82) is 0 Å². The Morgan fingerprint density at radius 2 is 1.50 bits per heavy atom. The van der Waals surface area contributed by atoms with Crippen molar-refractivity contribution >= 4 is 11.4 Å². The normalized spacial score (nSPS) is 11.6. The Balaban J connectivity index is 1.41. The lowest BCUT2D eigenvalue weighted by molar-refractivity contribution is -0.159. The van der Waals surface area contributed by atoms with E-state index in [0.29, 0.717) is 16.7 Å². The van der Waals surface area contributed by atoms with Gasteiger partial charge < -0.3 is 15.2 Å². The SMILES string of the molecule is O=c1c(NCc2ccc(-c3noc(C(F)(F)F)n3)cc2)c(NCc2ccccc2F)c1=O. The molecule has 0 atom stereocenters. The van der Waals surface area contributed by atoms with E-state index in [2.05, 4.69) is 25.3 Å². The molecule has 0 saturated heterocycles. The number of nitrogens with one attached hydrogen (secondary N) is 2. The van der Waals surface area contributed by atoms with E-state index in [9.17, 15) is 27.2 Å². The summed E-state index contributed by atoms with van der Waals surface area (Å²) in [4.78, 5) is 27.1. The van der Waals surface area contributed by atoms with Crippen LogP contribution in [0.5, 0.6) is 0 Å². The highest BCUT2D eigenvalue weighted by molar-refractivity contribution is 5.74. The highest BCUT2D eigenvalue weighted by Crippen LogP contribution is 2.29. The minimum absolute atomic E-state index is 0.0333. The molecule has 2 N–H and O–H groups in total. The van der Waals surface area contributed by atoms with Crippen LogP contribution in [0.1, 0.15) is 17.0 Å². The van der Waals surface area contributed by atoms with Gasteiger partial charge in [-0.05, 0) is 11.6 Å². The van der Waals surface area contributed by atoms with Crippen LogP contribution in [0.4, 0.5) is 28.9 Å². The molecule has 0 radical (unpaired) electrons. The van der Waals surface area contributed by atoms with Gasteiger partial charge in [0.25, 0.3) is 10.9 Å². The summed E-state index contributed by atoms with van der Waals surface area (Å²) in [5.74, 6) is -2.08. The zero-order valence-electron chi connectivity index (χ0n) is 16.2. The maximum Gasteiger partial charge on any atom is 0.471 e. The van der Waals surface area contributed by atoms with Crippen LogP contribution >= 0.6 is 0 Å². The largest absolute Gasteiger partial charge is 0.471 e. The smallest absolute Gasteiger partial charge is 0.376 e. The standard InChI is InChI=1S/C21H14F4N4O3/c22-14-4-2-1-3-13(14)10-27-16-15(17(30)18(16)31)26-9-11-5-7-12(8-6-11)19-28-20(32-29-19)21(23,24)25/h1-8,26-27H,9-10H2. The molecule has 1 aromatic heterocycles. The summed E-state index contributed by atoms with van der Waals surface area (Å²) in [6.07, 6.45) is -4.73. The molecular weight excluding hydrogens is 432 g/mol. The van der Waals surface area contributed by atoms with E-state index in [1.165, 1.54) is 18.2 Å². The Bertz CT molecular complexity index is 1320. The van der Waals surface area contributed by atoms with Crippen LogP contribution in [0, 0.1) is 5.82 Å². The van der Waals surface area contributed by atoms with Crippen LogP contribution in [0.3, 0.4) is 0 Å². The Morgan fingerprint density at radius 1 is 0.875 bits per heavy atom. The fourth-order valence-corrected chi connectivity index (χ4v) is 2.97. The van der Waals surface area contributed by atoms with E-state index in [1.807, 2.05) is 0 Å². The number of benzene rings is 2. The third kappa shape index (κ3) is 4.22. The first-order valence-electron chi connectivity index (χ1n) is 9.28. The van der Waals surface area contributed by atoms with Crippen molar-refractivity contribution < 1.29 is 22.1 Å². The van der Waals surface area contributed by atoms with Crippen LogP contribution < -0.4 is 21.5 Å². The average molecular weight is 446 g/mol. The molecule has 3 aromatic carbocycles. The molecule has 11 heteroatoms. The summed E-state index contributed by atoms with van der Waals surface area (Å²) in [6.45, 7) is 0.199. The first kappa shape index (κ1) is 21.2. The van der Waals surface area contributed by atoms with Gasteiger partial charge in [-0.2, -0.15) is 18.2 Å². The predicted octanol–water partition coefficient (Wildman–Crippen LogP) is 3.71. The number of rotatable bonds is 7. The van der Waals surface area contributed by atoms with Gasteiger partial charge in [-0.25, -0.2) is 4.39 Å². The molecule has 32 heavy (non-hydrogen) atoms. The lowest BCUT2D eigenvalue weighted by Crippen LogP contribution is -2.37. The van der Waals surface area contributed by atoms with Crippen LogP contribution in [0.25, 0.3) is 11.4 Å². The quantitative estimate of drug-likeness (QED) is 0.330. The van der Waals surface area contributed by atoms with Crippen LogP contribution in [0.2, 0.25) is 0 Å². The Kier molecular flexibility index (Phi) is 5.47. The summed E-state index contributed by atoms with van der Waals surface area (Å²) in [5.41, 5.74) is 0.110. The Labute approximate surface area is 177 Å². The molecule has 0 aliphatic rings. The molecule has 0 aliphatic carbocycles. The monoisotopic (exact) mass is 446 g/mol. The number of nitrogens with zero attached hydrogens (tertiary/aromatic N) is 2. The number of aromatic nitrogens is 2. The molecule has 0 aliphatic heterocycles. The molecule has 0 unspecified atom stereocenters. The number of anilines is 2. The number of alkyl halides is 3. The lowest BCUT2D eigenvalue weighted by Gasteiger charge is -2.15. The molecule has 1 heterocycles. The van der Waals surface area contributed by atoms with Gasteiger partial charge in [-0.3, -0.25) is 9.59 Å². The average Bonchev–Trinajstić information content (AvgIpc) is 3.28. The van der Waals surface area contributed by atoms with Gasteiger partial charge in [0.15, 0.2) is 0 Å². The van der Waals surface area contributed by atoms with Crippen molar-refractivity contribution in [3.05, 3.63) is 91.8 Å². The summed E-state index contributed by atoms with van der Waals surface area (Å²) in [5, 5.41) is 8.94. The van der Waals surface area contributed by atoms with Gasteiger partial charge in [0.1, 0.15) is 17.2 Å². The van der Waals surface area contributed by atoms with E-state index in [0.717, 1.165) is 0 Å². The first-order chi connectivity index (χ1) is 15.2. The van der Waals surface area contributed by atoms with Crippen molar-refractivity contribution in [3.8, 4) is 11.4 Å². The molecule has 0 amide bonds. The van der Waals surface area contributed by atoms with E-state index in [1.54, 1.807) is 30.3 Å². The molecule has 164 valence electrons. The molecular formula is C21H14F4N4O3. The molecule has 4 aromatic rings. The summed E-state index contributed by atoms with van der Waals surface area (Å²) in [6, 6.07) is 12.3. The van der Waals surface area contributed by atoms with Gasteiger partial charge in [-0.1, -0.05) is 47.6 Å². The number of hydrogen-bond acceptors (Lipinski definition) is 7. The van der Waals surface area contributed by atoms with E-state index >= 15 is 0 Å². The van der Waals surface area contributed by atoms with Gasteiger partial charge in [-0.15, -0.1) is 0 Å². The zero-order chi connectivity index (χ0) is 22.9. The van der Waals surface area contributed by atoms with E-state index in [4.69, 9.17) is 0 Å². The lowest BCUT2D eigenvalue weighted by atomic mass is 10.1. The maximum absolute atomic E-state index is 13.7. The van der Waals surface area contributed by atoms with Gasteiger partial charge >= 0.3 is 12.1 Å². The van der Waals surface area contributed by atoms with Crippen LogP contribution in [-0.4, -0.2) is 10.1 Å². The fraction of sp³-hybridized carbons (Fsp3) is 0.143. The highest BCUT2D eigenvalue weighted by atomic mass is 19.4.